The topological polar surface area (TPSA) is 32.3 Å². The highest BCUT2D eigenvalue weighted by Gasteiger charge is 2.21. The van der Waals surface area contributed by atoms with Gasteiger partial charge >= 0.3 is 0 Å². The molecular weight excluding hydrogens is 419 g/mol. The van der Waals surface area contributed by atoms with Crippen LogP contribution in [0.3, 0.4) is 0 Å². The smallest absolute Gasteiger partial charge is 0.257 e. The van der Waals surface area contributed by atoms with E-state index < -0.39 is 0 Å². The van der Waals surface area contributed by atoms with Gasteiger partial charge in [-0.2, -0.15) is 0 Å². The van der Waals surface area contributed by atoms with Crippen LogP contribution < -0.4 is 10.2 Å². The molecule has 0 saturated heterocycles. The number of para-hydroxylation sites is 1. The van der Waals surface area contributed by atoms with E-state index in [0.29, 0.717) is 10.7 Å². The third-order valence-electron chi connectivity index (χ3n) is 4.01. The summed E-state index contributed by atoms with van der Waals surface area (Å²) >= 11 is 7.71. The number of hydrogen-bond donors (Lipinski definition) is 1. The number of anilines is 1. The molecule has 3 nitrogen and oxygen atoms in total. The molecule has 23 heavy (non-hydrogen) atoms. The van der Waals surface area contributed by atoms with Crippen molar-refractivity contribution in [2.24, 2.45) is 0 Å². The maximum Gasteiger partial charge on any atom is 0.257 e. The fourth-order valence-electron chi connectivity index (χ4n) is 2.72. The number of amides is 1. The molecule has 0 aromatic heterocycles. The van der Waals surface area contributed by atoms with E-state index in [0.717, 1.165) is 34.2 Å². The molecule has 0 radical (unpaired) electrons. The Kier molecular flexibility index (Phi) is 4.96. The summed E-state index contributed by atoms with van der Waals surface area (Å²) in [5, 5.41) is 3.34. The third kappa shape index (κ3) is 3.55. The van der Waals surface area contributed by atoms with E-state index in [9.17, 15) is 4.79 Å². The van der Waals surface area contributed by atoms with E-state index in [1.54, 1.807) is 0 Å². The van der Waals surface area contributed by atoms with Gasteiger partial charge in [-0.3, -0.25) is 10.1 Å². The fraction of sp³-hybridized carbons (Fsp3) is 0.222. The van der Waals surface area contributed by atoms with Gasteiger partial charge in [0.05, 0.1) is 0 Å². The molecule has 1 N–H and O–H groups in total. The quantitative estimate of drug-likeness (QED) is 0.541. The molecule has 118 valence electrons. The number of thiocarbonyl (C=S) groups is 1. The van der Waals surface area contributed by atoms with Gasteiger partial charge in [-0.25, -0.2) is 0 Å². The lowest BCUT2D eigenvalue weighted by Crippen LogP contribution is -2.45. The molecule has 0 fully saturated rings. The summed E-state index contributed by atoms with van der Waals surface area (Å²) in [4.78, 5) is 14.5. The molecule has 1 aliphatic rings. The molecule has 1 aliphatic heterocycles. The molecule has 0 saturated carbocycles. The highest BCUT2D eigenvalue weighted by atomic mass is 127. The predicted molar refractivity (Wildman–Crippen MR) is 106 cm³/mol. The van der Waals surface area contributed by atoms with Crippen LogP contribution in [-0.4, -0.2) is 17.6 Å². The van der Waals surface area contributed by atoms with Crippen LogP contribution in [0.1, 0.15) is 27.9 Å². The van der Waals surface area contributed by atoms with Crippen molar-refractivity contribution in [2.75, 3.05) is 11.4 Å². The number of benzene rings is 2. The van der Waals surface area contributed by atoms with Gasteiger partial charge in [-0.1, -0.05) is 24.3 Å². The molecule has 0 bridgehead atoms. The number of nitrogens with zero attached hydrogens (tertiary/aromatic N) is 1. The summed E-state index contributed by atoms with van der Waals surface area (Å²) in [6.45, 7) is 2.86. The van der Waals surface area contributed by atoms with Crippen LogP contribution in [0.15, 0.2) is 42.5 Å². The molecule has 2 aromatic carbocycles. The Morgan fingerprint density at radius 1 is 1.26 bits per heavy atom. The first-order chi connectivity index (χ1) is 11.1. The standard InChI is InChI=1S/C18H17IN2OS/c1-12-8-9-14(11-15(12)19)17(22)20-18(23)21-10-4-6-13-5-2-3-7-16(13)21/h2-3,5,7-9,11H,4,6,10H2,1H3,(H,20,22,23). The van der Waals surface area contributed by atoms with E-state index in [1.165, 1.54) is 5.56 Å². The lowest BCUT2D eigenvalue weighted by molar-refractivity contribution is 0.0977. The summed E-state index contributed by atoms with van der Waals surface area (Å²) in [6, 6.07) is 13.9. The van der Waals surface area contributed by atoms with E-state index in [4.69, 9.17) is 12.2 Å². The molecule has 0 aliphatic carbocycles. The molecule has 0 spiro atoms. The molecule has 1 amide bonds. The number of hydrogen-bond acceptors (Lipinski definition) is 2. The van der Waals surface area contributed by atoms with Crippen LogP contribution in [0.4, 0.5) is 5.69 Å². The highest BCUT2D eigenvalue weighted by molar-refractivity contribution is 14.1. The van der Waals surface area contributed by atoms with Crippen LogP contribution in [0.5, 0.6) is 0 Å². The van der Waals surface area contributed by atoms with Gasteiger partial charge in [0.15, 0.2) is 5.11 Å². The number of rotatable bonds is 1. The van der Waals surface area contributed by atoms with Gasteiger partial charge < -0.3 is 4.90 Å². The van der Waals surface area contributed by atoms with E-state index in [2.05, 4.69) is 40.0 Å². The minimum atomic E-state index is -0.157. The Morgan fingerprint density at radius 2 is 2.04 bits per heavy atom. The first-order valence-electron chi connectivity index (χ1n) is 7.53. The number of fused-ring (bicyclic) bond motifs is 1. The van der Waals surface area contributed by atoms with Crippen molar-refractivity contribution in [1.29, 1.82) is 0 Å². The van der Waals surface area contributed by atoms with Crippen LogP contribution in [-0.2, 0) is 6.42 Å². The summed E-state index contributed by atoms with van der Waals surface area (Å²) < 4.78 is 1.07. The van der Waals surface area contributed by atoms with Crippen molar-refractivity contribution in [3.05, 3.63) is 62.7 Å². The molecular formula is C18H17IN2OS. The average Bonchev–Trinajstić information content (AvgIpc) is 2.56. The van der Waals surface area contributed by atoms with E-state index in [-0.39, 0.29) is 5.91 Å². The number of nitrogens with one attached hydrogen (secondary N) is 1. The van der Waals surface area contributed by atoms with Crippen molar-refractivity contribution in [3.8, 4) is 0 Å². The minimum absolute atomic E-state index is 0.157. The van der Waals surface area contributed by atoms with Crippen molar-refractivity contribution < 1.29 is 4.79 Å². The number of aryl methyl sites for hydroxylation is 2. The van der Waals surface area contributed by atoms with Gasteiger partial charge in [0.2, 0.25) is 0 Å². The average molecular weight is 436 g/mol. The normalized spacial score (nSPS) is 13.4. The Hall–Kier alpha value is -1.47. The highest BCUT2D eigenvalue weighted by Crippen LogP contribution is 2.26. The van der Waals surface area contributed by atoms with E-state index >= 15 is 0 Å². The Morgan fingerprint density at radius 3 is 2.83 bits per heavy atom. The zero-order valence-corrected chi connectivity index (χ0v) is 15.8. The van der Waals surface area contributed by atoms with Gasteiger partial charge in [0.1, 0.15) is 0 Å². The second-order valence-electron chi connectivity index (χ2n) is 5.61. The zero-order valence-electron chi connectivity index (χ0n) is 12.8. The maximum absolute atomic E-state index is 12.4. The molecule has 0 unspecified atom stereocenters. The Bertz CT molecular complexity index is 775. The number of carbonyl (C=O) groups excluding carboxylic acids is 1. The molecule has 0 atom stereocenters. The number of carbonyl (C=O) groups is 1. The van der Waals surface area contributed by atoms with Crippen molar-refractivity contribution >= 4 is 51.5 Å². The predicted octanol–water partition coefficient (Wildman–Crippen LogP) is 4.07. The largest absolute Gasteiger partial charge is 0.318 e. The van der Waals surface area contributed by atoms with Crippen molar-refractivity contribution in [1.82, 2.24) is 5.32 Å². The summed E-state index contributed by atoms with van der Waals surface area (Å²) in [5.41, 5.74) is 4.17. The summed E-state index contributed by atoms with van der Waals surface area (Å²) in [6.07, 6.45) is 2.09. The number of halogens is 1. The summed E-state index contributed by atoms with van der Waals surface area (Å²) in [7, 11) is 0. The van der Waals surface area contributed by atoms with Crippen LogP contribution in [0, 0.1) is 10.5 Å². The minimum Gasteiger partial charge on any atom is -0.318 e. The van der Waals surface area contributed by atoms with E-state index in [1.807, 2.05) is 42.2 Å². The molecule has 5 heteroatoms. The van der Waals surface area contributed by atoms with Gasteiger partial charge in [0.25, 0.3) is 5.91 Å². The lowest BCUT2D eigenvalue weighted by Gasteiger charge is -2.31. The van der Waals surface area contributed by atoms with Crippen molar-refractivity contribution in [3.63, 3.8) is 0 Å². The second-order valence-corrected chi connectivity index (χ2v) is 7.16. The first kappa shape index (κ1) is 16.4. The maximum atomic E-state index is 12.4. The molecule has 2 aromatic rings. The molecule has 3 rings (SSSR count). The van der Waals surface area contributed by atoms with Crippen LogP contribution >= 0.6 is 34.8 Å². The monoisotopic (exact) mass is 436 g/mol. The SMILES string of the molecule is Cc1ccc(C(=O)NC(=S)N2CCCc3ccccc32)cc1I. The first-order valence-corrected chi connectivity index (χ1v) is 9.02. The summed E-state index contributed by atoms with van der Waals surface area (Å²) in [5.74, 6) is -0.157. The van der Waals surface area contributed by atoms with Crippen molar-refractivity contribution in [2.45, 2.75) is 19.8 Å². The molecule has 1 heterocycles. The fourth-order valence-corrected chi connectivity index (χ4v) is 3.51. The third-order valence-corrected chi connectivity index (χ3v) is 5.49. The van der Waals surface area contributed by atoms with Gasteiger partial charge in [0, 0.05) is 21.4 Å². The lowest BCUT2D eigenvalue weighted by atomic mass is 10.0. The van der Waals surface area contributed by atoms with Gasteiger partial charge in [-0.05, 0) is 83.9 Å². The zero-order chi connectivity index (χ0) is 16.4. The Balaban J connectivity index is 1.77. The van der Waals surface area contributed by atoms with Gasteiger partial charge in [-0.15, -0.1) is 0 Å². The van der Waals surface area contributed by atoms with Crippen LogP contribution in [0.2, 0.25) is 0 Å². The van der Waals surface area contributed by atoms with Crippen LogP contribution in [0.25, 0.3) is 0 Å². The Labute approximate surface area is 155 Å². The second kappa shape index (κ2) is 6.97.